The van der Waals surface area contributed by atoms with Gasteiger partial charge in [-0.1, -0.05) is 39.8 Å². The first-order chi connectivity index (χ1) is 9.29. The molecule has 4 heteroatoms. The van der Waals surface area contributed by atoms with Gasteiger partial charge in [0.15, 0.2) is 0 Å². The van der Waals surface area contributed by atoms with E-state index < -0.39 is 0 Å². The highest BCUT2D eigenvalue weighted by Crippen LogP contribution is 2.35. The Morgan fingerprint density at radius 2 is 2.00 bits per heavy atom. The number of nitrogens with two attached hydrogens (primary N) is 1. The summed E-state index contributed by atoms with van der Waals surface area (Å²) in [5.74, 6) is 0.0733. The topological polar surface area (TPSA) is 72.5 Å². The lowest BCUT2D eigenvalue weighted by Gasteiger charge is -2.23. The van der Waals surface area contributed by atoms with Gasteiger partial charge < -0.3 is 9.84 Å². The van der Waals surface area contributed by atoms with E-state index in [0.29, 0.717) is 18.6 Å². The SMILES string of the molecule is CCc1cc(CCC(=O)OCN)cc(C(C)(C)C)c1O. The van der Waals surface area contributed by atoms with Crippen molar-refractivity contribution in [2.24, 2.45) is 5.73 Å². The molecule has 0 fully saturated rings. The molecular formula is C16H25NO3. The Bertz CT molecular complexity index is 475. The third-order valence-corrected chi connectivity index (χ3v) is 3.30. The average molecular weight is 279 g/mol. The van der Waals surface area contributed by atoms with Crippen molar-refractivity contribution < 1.29 is 14.6 Å². The van der Waals surface area contributed by atoms with Gasteiger partial charge >= 0.3 is 5.97 Å². The number of hydrogen-bond donors (Lipinski definition) is 2. The highest BCUT2D eigenvalue weighted by Gasteiger charge is 2.21. The molecule has 1 aromatic carbocycles. The second-order valence-corrected chi connectivity index (χ2v) is 5.94. The van der Waals surface area contributed by atoms with Crippen molar-refractivity contribution >= 4 is 5.97 Å². The Hall–Kier alpha value is -1.55. The van der Waals surface area contributed by atoms with Crippen molar-refractivity contribution in [3.63, 3.8) is 0 Å². The maximum absolute atomic E-state index is 11.4. The second kappa shape index (κ2) is 6.75. The van der Waals surface area contributed by atoms with Crippen LogP contribution in [0.5, 0.6) is 5.75 Å². The zero-order valence-electron chi connectivity index (χ0n) is 12.8. The van der Waals surface area contributed by atoms with Crippen LogP contribution in [0.15, 0.2) is 12.1 Å². The van der Waals surface area contributed by atoms with Crippen LogP contribution in [0.4, 0.5) is 0 Å². The van der Waals surface area contributed by atoms with Gasteiger partial charge in [-0.25, -0.2) is 0 Å². The van der Waals surface area contributed by atoms with E-state index in [1.165, 1.54) is 0 Å². The molecule has 0 bridgehead atoms. The number of ether oxygens (including phenoxy) is 1. The minimum atomic E-state index is -0.295. The number of carbonyl (C=O) groups is 1. The summed E-state index contributed by atoms with van der Waals surface area (Å²) in [5.41, 5.74) is 7.90. The van der Waals surface area contributed by atoms with Crippen molar-refractivity contribution in [1.29, 1.82) is 0 Å². The van der Waals surface area contributed by atoms with E-state index in [2.05, 4.69) is 20.8 Å². The van der Waals surface area contributed by atoms with E-state index >= 15 is 0 Å². The lowest BCUT2D eigenvalue weighted by atomic mass is 9.83. The highest BCUT2D eigenvalue weighted by molar-refractivity contribution is 5.69. The van der Waals surface area contributed by atoms with E-state index in [1.807, 2.05) is 19.1 Å². The Balaban J connectivity index is 3.00. The molecule has 0 aliphatic rings. The quantitative estimate of drug-likeness (QED) is 0.642. The average Bonchev–Trinajstić information content (AvgIpc) is 2.36. The molecule has 0 saturated heterocycles. The van der Waals surface area contributed by atoms with Crippen LogP contribution in [0.25, 0.3) is 0 Å². The number of aromatic hydroxyl groups is 1. The fraction of sp³-hybridized carbons (Fsp3) is 0.562. The summed E-state index contributed by atoms with van der Waals surface area (Å²) in [6.07, 6.45) is 1.65. The largest absolute Gasteiger partial charge is 0.507 e. The molecule has 0 aromatic heterocycles. The van der Waals surface area contributed by atoms with E-state index in [-0.39, 0.29) is 18.1 Å². The predicted octanol–water partition coefficient (Wildman–Crippen LogP) is 2.64. The fourth-order valence-electron chi connectivity index (χ4n) is 2.16. The molecule has 3 N–H and O–H groups in total. The van der Waals surface area contributed by atoms with Crippen LogP contribution in [0.2, 0.25) is 0 Å². The number of hydrogen-bond acceptors (Lipinski definition) is 4. The minimum absolute atomic E-state index is 0.0815. The van der Waals surface area contributed by atoms with Crippen LogP contribution in [0.3, 0.4) is 0 Å². The Labute approximate surface area is 120 Å². The van der Waals surface area contributed by atoms with Crippen LogP contribution in [-0.4, -0.2) is 17.8 Å². The fourth-order valence-corrected chi connectivity index (χ4v) is 2.16. The normalized spacial score (nSPS) is 11.4. The van der Waals surface area contributed by atoms with Gasteiger partial charge in [0.1, 0.15) is 12.5 Å². The maximum atomic E-state index is 11.4. The zero-order valence-corrected chi connectivity index (χ0v) is 12.8. The molecule has 0 radical (unpaired) electrons. The van der Waals surface area contributed by atoms with Crippen molar-refractivity contribution in [3.05, 3.63) is 28.8 Å². The van der Waals surface area contributed by atoms with Crippen LogP contribution < -0.4 is 5.73 Å². The van der Waals surface area contributed by atoms with Gasteiger partial charge in [0.25, 0.3) is 0 Å². The van der Waals surface area contributed by atoms with Crippen molar-refractivity contribution in [1.82, 2.24) is 0 Å². The van der Waals surface area contributed by atoms with Crippen molar-refractivity contribution in [2.75, 3.05) is 6.73 Å². The van der Waals surface area contributed by atoms with E-state index in [9.17, 15) is 9.90 Å². The predicted molar refractivity (Wildman–Crippen MR) is 79.7 cm³/mol. The smallest absolute Gasteiger partial charge is 0.307 e. The standard InChI is InChI=1S/C16H25NO3/c1-5-12-8-11(6-7-14(18)20-10-17)9-13(15(12)19)16(2,3)4/h8-9,19H,5-7,10,17H2,1-4H3. The van der Waals surface area contributed by atoms with E-state index in [1.54, 1.807) is 0 Å². The third-order valence-electron chi connectivity index (χ3n) is 3.30. The Morgan fingerprint density at radius 3 is 2.50 bits per heavy atom. The summed E-state index contributed by atoms with van der Waals surface area (Å²) in [6.45, 7) is 8.12. The van der Waals surface area contributed by atoms with Gasteiger partial charge in [0.05, 0.1) is 0 Å². The molecule has 0 amide bonds. The summed E-state index contributed by atoms with van der Waals surface area (Å²) >= 11 is 0. The van der Waals surface area contributed by atoms with E-state index in [0.717, 1.165) is 23.1 Å². The van der Waals surface area contributed by atoms with Crippen molar-refractivity contribution in [3.8, 4) is 5.75 Å². The van der Waals surface area contributed by atoms with Crippen molar-refractivity contribution in [2.45, 2.75) is 52.4 Å². The first-order valence-electron chi connectivity index (χ1n) is 7.00. The monoisotopic (exact) mass is 279 g/mol. The van der Waals surface area contributed by atoms with Crippen LogP contribution in [0, 0.1) is 0 Å². The Morgan fingerprint density at radius 1 is 1.35 bits per heavy atom. The summed E-state index contributed by atoms with van der Waals surface area (Å²) in [4.78, 5) is 11.4. The number of phenolic OH excluding ortho intramolecular Hbond substituents is 1. The number of aryl methyl sites for hydroxylation is 2. The van der Waals surface area contributed by atoms with Crippen LogP contribution in [-0.2, 0) is 27.8 Å². The second-order valence-electron chi connectivity index (χ2n) is 5.94. The molecule has 0 heterocycles. The number of carbonyl (C=O) groups excluding carboxylic acids is 1. The first kappa shape index (κ1) is 16.5. The number of phenols is 1. The number of benzene rings is 1. The van der Waals surface area contributed by atoms with Crippen LogP contribution in [0.1, 0.15) is 50.8 Å². The third kappa shape index (κ3) is 4.23. The molecule has 0 aliphatic carbocycles. The van der Waals surface area contributed by atoms with E-state index in [4.69, 9.17) is 10.5 Å². The molecular weight excluding hydrogens is 254 g/mol. The molecule has 4 nitrogen and oxygen atoms in total. The minimum Gasteiger partial charge on any atom is -0.507 e. The lowest BCUT2D eigenvalue weighted by Crippen LogP contribution is -2.14. The number of esters is 1. The van der Waals surface area contributed by atoms with Gasteiger partial charge in [0.2, 0.25) is 0 Å². The molecule has 20 heavy (non-hydrogen) atoms. The number of rotatable bonds is 5. The molecule has 0 unspecified atom stereocenters. The van der Waals surface area contributed by atoms with Gasteiger partial charge in [-0.3, -0.25) is 10.5 Å². The highest BCUT2D eigenvalue weighted by atomic mass is 16.5. The summed E-state index contributed by atoms with van der Waals surface area (Å²) in [7, 11) is 0. The lowest BCUT2D eigenvalue weighted by molar-refractivity contribution is -0.143. The van der Waals surface area contributed by atoms with Gasteiger partial charge in [-0.05, 0) is 34.9 Å². The summed E-state index contributed by atoms with van der Waals surface area (Å²) in [6, 6.07) is 3.94. The summed E-state index contributed by atoms with van der Waals surface area (Å²) in [5, 5.41) is 10.3. The maximum Gasteiger partial charge on any atom is 0.307 e. The molecule has 112 valence electrons. The van der Waals surface area contributed by atoms with Gasteiger partial charge in [-0.2, -0.15) is 0 Å². The zero-order chi connectivity index (χ0) is 15.3. The molecule has 0 saturated carbocycles. The molecule has 0 spiro atoms. The Kier molecular flexibility index (Phi) is 5.57. The summed E-state index contributed by atoms with van der Waals surface area (Å²) < 4.78 is 4.73. The first-order valence-corrected chi connectivity index (χ1v) is 7.00. The van der Waals surface area contributed by atoms with Crippen LogP contribution >= 0.6 is 0 Å². The molecule has 1 rings (SSSR count). The molecule has 0 atom stereocenters. The van der Waals surface area contributed by atoms with Gasteiger partial charge in [-0.15, -0.1) is 0 Å². The van der Waals surface area contributed by atoms with Gasteiger partial charge in [0, 0.05) is 6.42 Å². The molecule has 1 aromatic rings. The molecule has 0 aliphatic heterocycles.